The molecule has 2 aromatic rings. The van der Waals surface area contributed by atoms with Crippen LogP contribution in [-0.2, 0) is 7.05 Å². The van der Waals surface area contributed by atoms with Crippen molar-refractivity contribution in [3.05, 3.63) is 30.6 Å². The van der Waals surface area contributed by atoms with Gasteiger partial charge in [0.1, 0.15) is 5.56 Å². The number of aryl methyl sites for hydroxylation is 1. The van der Waals surface area contributed by atoms with Gasteiger partial charge in [-0.25, -0.2) is 9.78 Å². The third-order valence-corrected chi connectivity index (χ3v) is 3.01. The molecule has 0 saturated carbocycles. The van der Waals surface area contributed by atoms with E-state index in [0.29, 0.717) is 24.4 Å². The Kier molecular flexibility index (Phi) is 3.50. The molecule has 2 aromatic heterocycles. The minimum absolute atomic E-state index is 0.184. The molecular formula is C13H16N4O2. The molecule has 0 aliphatic rings. The van der Waals surface area contributed by atoms with Gasteiger partial charge in [0.05, 0.1) is 17.3 Å². The van der Waals surface area contributed by atoms with Gasteiger partial charge in [-0.15, -0.1) is 6.58 Å². The van der Waals surface area contributed by atoms with Crippen molar-refractivity contribution in [1.82, 2.24) is 14.8 Å². The average molecular weight is 260 g/mol. The van der Waals surface area contributed by atoms with E-state index in [1.165, 1.54) is 6.20 Å². The van der Waals surface area contributed by atoms with Crippen molar-refractivity contribution in [3.8, 4) is 0 Å². The van der Waals surface area contributed by atoms with Crippen LogP contribution >= 0.6 is 0 Å². The molecule has 0 amide bonds. The van der Waals surface area contributed by atoms with E-state index >= 15 is 0 Å². The molecule has 6 heteroatoms. The minimum Gasteiger partial charge on any atom is -0.478 e. The summed E-state index contributed by atoms with van der Waals surface area (Å²) >= 11 is 0. The lowest BCUT2D eigenvalue weighted by atomic mass is 10.1. The lowest BCUT2D eigenvalue weighted by molar-refractivity contribution is 0.0697. The molecule has 0 aromatic carbocycles. The third kappa shape index (κ3) is 2.16. The first-order valence-electron chi connectivity index (χ1n) is 6.00. The number of hydrogen-bond donors (Lipinski definition) is 1. The zero-order valence-electron chi connectivity index (χ0n) is 11.0. The molecule has 0 aliphatic heterocycles. The summed E-state index contributed by atoms with van der Waals surface area (Å²) in [5, 5.41) is 14.2. The predicted molar refractivity (Wildman–Crippen MR) is 73.6 cm³/mol. The average Bonchev–Trinajstić information content (AvgIpc) is 2.77. The fourth-order valence-electron chi connectivity index (χ4n) is 2.11. The van der Waals surface area contributed by atoms with Crippen molar-refractivity contribution < 1.29 is 9.90 Å². The molecule has 0 unspecified atom stereocenters. The highest BCUT2D eigenvalue weighted by molar-refractivity contribution is 6.03. The zero-order chi connectivity index (χ0) is 14.0. The molecule has 2 heterocycles. The van der Waals surface area contributed by atoms with Crippen LogP contribution in [0.15, 0.2) is 25.0 Å². The quantitative estimate of drug-likeness (QED) is 0.828. The number of pyridine rings is 1. The standard InChI is InChI=1S/C13H16N4O2/c1-4-6-17(5-2)11-9-8-15-16(3)12(9)14-7-10(11)13(18)19/h4,7-8H,1,5-6H2,2-3H3,(H,18,19). The molecule has 0 aliphatic carbocycles. The molecule has 100 valence electrons. The van der Waals surface area contributed by atoms with Crippen LogP contribution in [0.3, 0.4) is 0 Å². The lowest BCUT2D eigenvalue weighted by Crippen LogP contribution is -2.25. The van der Waals surface area contributed by atoms with E-state index in [-0.39, 0.29) is 5.56 Å². The van der Waals surface area contributed by atoms with Crippen LogP contribution in [0.5, 0.6) is 0 Å². The maximum absolute atomic E-state index is 11.4. The van der Waals surface area contributed by atoms with Crippen LogP contribution in [0.25, 0.3) is 11.0 Å². The number of carboxylic acids is 1. The maximum atomic E-state index is 11.4. The van der Waals surface area contributed by atoms with Crippen molar-refractivity contribution >= 4 is 22.7 Å². The van der Waals surface area contributed by atoms with Gasteiger partial charge in [-0.2, -0.15) is 5.10 Å². The Bertz CT molecular complexity index is 633. The normalized spacial score (nSPS) is 10.6. The number of anilines is 1. The number of nitrogens with zero attached hydrogens (tertiary/aromatic N) is 4. The van der Waals surface area contributed by atoms with Crippen molar-refractivity contribution in [1.29, 1.82) is 0 Å². The summed E-state index contributed by atoms with van der Waals surface area (Å²) in [6.07, 6.45) is 4.78. The van der Waals surface area contributed by atoms with Gasteiger partial charge >= 0.3 is 5.97 Å². The molecule has 6 nitrogen and oxygen atoms in total. The Labute approximate surface area is 111 Å². The van der Waals surface area contributed by atoms with Gasteiger partial charge < -0.3 is 10.0 Å². The maximum Gasteiger partial charge on any atom is 0.339 e. The fourth-order valence-corrected chi connectivity index (χ4v) is 2.11. The first kappa shape index (κ1) is 13.1. The van der Waals surface area contributed by atoms with E-state index in [0.717, 1.165) is 5.39 Å². The van der Waals surface area contributed by atoms with Crippen LogP contribution in [0, 0.1) is 0 Å². The number of fused-ring (bicyclic) bond motifs is 1. The van der Waals surface area contributed by atoms with Gasteiger partial charge in [-0.1, -0.05) is 6.08 Å². The topological polar surface area (TPSA) is 71.2 Å². The van der Waals surface area contributed by atoms with Crippen molar-refractivity contribution in [3.63, 3.8) is 0 Å². The Balaban J connectivity index is 2.74. The Morgan fingerprint density at radius 1 is 1.58 bits per heavy atom. The second-order valence-electron chi connectivity index (χ2n) is 4.16. The molecule has 19 heavy (non-hydrogen) atoms. The summed E-state index contributed by atoms with van der Waals surface area (Å²) < 4.78 is 1.63. The largest absolute Gasteiger partial charge is 0.478 e. The Morgan fingerprint density at radius 2 is 2.32 bits per heavy atom. The summed E-state index contributed by atoms with van der Waals surface area (Å²) in [4.78, 5) is 17.5. The zero-order valence-corrected chi connectivity index (χ0v) is 11.0. The van der Waals surface area contributed by atoms with Gasteiger partial charge in [-0.3, -0.25) is 4.68 Å². The van der Waals surface area contributed by atoms with Gasteiger partial charge in [0, 0.05) is 26.3 Å². The second kappa shape index (κ2) is 5.09. The molecular weight excluding hydrogens is 244 g/mol. The lowest BCUT2D eigenvalue weighted by Gasteiger charge is -2.23. The Morgan fingerprint density at radius 3 is 2.89 bits per heavy atom. The van der Waals surface area contributed by atoms with E-state index in [1.807, 2.05) is 11.8 Å². The van der Waals surface area contributed by atoms with Gasteiger partial charge in [-0.05, 0) is 6.92 Å². The molecule has 0 saturated heterocycles. The van der Waals surface area contributed by atoms with Gasteiger partial charge in [0.25, 0.3) is 0 Å². The first-order valence-corrected chi connectivity index (χ1v) is 6.00. The van der Waals surface area contributed by atoms with Gasteiger partial charge in [0.2, 0.25) is 0 Å². The van der Waals surface area contributed by atoms with Crippen LogP contribution < -0.4 is 4.90 Å². The van der Waals surface area contributed by atoms with Crippen LogP contribution in [0.1, 0.15) is 17.3 Å². The summed E-state index contributed by atoms with van der Waals surface area (Å²) in [6.45, 7) is 6.93. The van der Waals surface area contributed by atoms with E-state index < -0.39 is 5.97 Å². The smallest absolute Gasteiger partial charge is 0.339 e. The van der Waals surface area contributed by atoms with Crippen LogP contribution in [0.4, 0.5) is 5.69 Å². The van der Waals surface area contributed by atoms with E-state index in [2.05, 4.69) is 16.7 Å². The van der Waals surface area contributed by atoms with Crippen LogP contribution in [-0.4, -0.2) is 38.9 Å². The molecule has 0 bridgehead atoms. The van der Waals surface area contributed by atoms with Crippen molar-refractivity contribution in [2.45, 2.75) is 6.92 Å². The number of likely N-dealkylation sites (N-methyl/N-ethyl adjacent to an activating group) is 1. The van der Waals surface area contributed by atoms with E-state index in [1.54, 1.807) is 24.0 Å². The molecule has 0 fully saturated rings. The molecule has 2 rings (SSSR count). The van der Waals surface area contributed by atoms with Crippen molar-refractivity contribution in [2.75, 3.05) is 18.0 Å². The van der Waals surface area contributed by atoms with E-state index in [9.17, 15) is 9.90 Å². The second-order valence-corrected chi connectivity index (χ2v) is 4.16. The predicted octanol–water partition coefficient (Wildman–Crippen LogP) is 1.68. The highest BCUT2D eigenvalue weighted by Crippen LogP contribution is 2.29. The number of aromatic nitrogens is 3. The molecule has 0 spiro atoms. The Hall–Kier alpha value is -2.37. The number of carbonyl (C=O) groups is 1. The number of rotatable bonds is 5. The SMILES string of the molecule is C=CCN(CC)c1c(C(=O)O)cnc2c1cnn2C. The molecule has 1 N–H and O–H groups in total. The number of hydrogen-bond acceptors (Lipinski definition) is 4. The first-order chi connectivity index (χ1) is 9.10. The minimum atomic E-state index is -0.990. The monoisotopic (exact) mass is 260 g/mol. The molecule has 0 atom stereocenters. The number of aromatic carboxylic acids is 1. The summed E-state index contributed by atoms with van der Waals surface area (Å²) in [7, 11) is 1.78. The van der Waals surface area contributed by atoms with Gasteiger partial charge in [0.15, 0.2) is 5.65 Å². The van der Waals surface area contributed by atoms with Crippen LogP contribution in [0.2, 0.25) is 0 Å². The number of carboxylic acid groups (broad SMARTS) is 1. The van der Waals surface area contributed by atoms with Crippen molar-refractivity contribution in [2.24, 2.45) is 7.05 Å². The highest BCUT2D eigenvalue weighted by atomic mass is 16.4. The highest BCUT2D eigenvalue weighted by Gasteiger charge is 2.20. The van der Waals surface area contributed by atoms with E-state index in [4.69, 9.17) is 0 Å². The fraction of sp³-hybridized carbons (Fsp3) is 0.308. The molecule has 0 radical (unpaired) electrons. The summed E-state index contributed by atoms with van der Waals surface area (Å²) in [6, 6.07) is 0. The summed E-state index contributed by atoms with van der Waals surface area (Å²) in [5.41, 5.74) is 1.50. The third-order valence-electron chi connectivity index (χ3n) is 3.01. The summed E-state index contributed by atoms with van der Waals surface area (Å²) in [5.74, 6) is -0.990.